The molecule has 7 heteroatoms. The van der Waals surface area contributed by atoms with Gasteiger partial charge < -0.3 is 14.8 Å². The SMILES string of the molecule is C=CCOC(=O)N[C@H]1Cc2ccccc2N(C(=O)OC(=O)CCCCCCC)C1. The number of ether oxygens (including phenoxy) is 2. The molecular formula is C22H30N2O5. The van der Waals surface area contributed by atoms with E-state index in [4.69, 9.17) is 9.47 Å². The fourth-order valence-electron chi connectivity index (χ4n) is 3.28. The highest BCUT2D eigenvalue weighted by molar-refractivity contribution is 5.96. The molecule has 29 heavy (non-hydrogen) atoms. The predicted molar refractivity (Wildman–Crippen MR) is 111 cm³/mol. The van der Waals surface area contributed by atoms with E-state index in [0.717, 1.165) is 31.2 Å². The summed E-state index contributed by atoms with van der Waals surface area (Å²) >= 11 is 0. The molecular weight excluding hydrogens is 372 g/mol. The van der Waals surface area contributed by atoms with Crippen LogP contribution < -0.4 is 10.2 Å². The molecule has 0 aromatic heterocycles. The molecule has 0 unspecified atom stereocenters. The number of amides is 2. The van der Waals surface area contributed by atoms with Crippen molar-refractivity contribution in [2.45, 2.75) is 57.9 Å². The summed E-state index contributed by atoms with van der Waals surface area (Å²) in [6.45, 7) is 5.93. The highest BCUT2D eigenvalue weighted by Gasteiger charge is 2.31. The zero-order valence-corrected chi connectivity index (χ0v) is 17.0. The molecule has 0 fully saturated rings. The molecule has 0 radical (unpaired) electrons. The Labute approximate surface area is 172 Å². The van der Waals surface area contributed by atoms with Crippen LogP contribution in [-0.4, -0.2) is 37.3 Å². The van der Waals surface area contributed by atoms with Crippen LogP contribution in [0.15, 0.2) is 36.9 Å². The lowest BCUT2D eigenvalue weighted by Crippen LogP contribution is -2.50. The third-order valence-electron chi connectivity index (χ3n) is 4.71. The van der Waals surface area contributed by atoms with Gasteiger partial charge in [0.15, 0.2) is 0 Å². The maximum atomic E-state index is 12.6. The number of unbranched alkanes of at least 4 members (excludes halogenated alkanes) is 4. The van der Waals surface area contributed by atoms with Gasteiger partial charge in [0, 0.05) is 13.0 Å². The Morgan fingerprint density at radius 3 is 2.72 bits per heavy atom. The van der Waals surface area contributed by atoms with Crippen LogP contribution in [0.25, 0.3) is 0 Å². The minimum Gasteiger partial charge on any atom is -0.445 e. The summed E-state index contributed by atoms with van der Waals surface area (Å²) in [7, 11) is 0. The van der Waals surface area contributed by atoms with E-state index in [0.29, 0.717) is 18.5 Å². The van der Waals surface area contributed by atoms with Gasteiger partial charge in [-0.05, 0) is 24.5 Å². The number of fused-ring (bicyclic) bond motifs is 1. The van der Waals surface area contributed by atoms with Gasteiger partial charge in [0.05, 0.1) is 11.7 Å². The quantitative estimate of drug-likeness (QED) is 0.287. The number of carbonyl (C=O) groups excluding carboxylic acids is 3. The van der Waals surface area contributed by atoms with E-state index >= 15 is 0 Å². The molecule has 1 aromatic rings. The minimum atomic E-state index is -0.720. The van der Waals surface area contributed by atoms with Crippen molar-refractivity contribution >= 4 is 23.8 Å². The summed E-state index contributed by atoms with van der Waals surface area (Å²) in [5, 5.41) is 2.74. The molecule has 1 N–H and O–H groups in total. The number of para-hydroxylation sites is 1. The van der Waals surface area contributed by atoms with Crippen molar-refractivity contribution in [2.75, 3.05) is 18.1 Å². The second-order valence-corrected chi connectivity index (χ2v) is 7.08. The maximum Gasteiger partial charge on any atom is 0.422 e. The van der Waals surface area contributed by atoms with Crippen LogP contribution in [-0.2, 0) is 20.7 Å². The predicted octanol–water partition coefficient (Wildman–Crippen LogP) is 4.35. The van der Waals surface area contributed by atoms with E-state index < -0.39 is 18.2 Å². The molecule has 1 aromatic carbocycles. The van der Waals surface area contributed by atoms with Crippen LogP contribution in [0.1, 0.15) is 51.0 Å². The molecule has 1 heterocycles. The Morgan fingerprint density at radius 1 is 1.21 bits per heavy atom. The number of esters is 1. The number of hydrogen-bond donors (Lipinski definition) is 1. The van der Waals surface area contributed by atoms with Gasteiger partial charge in [-0.1, -0.05) is 63.5 Å². The molecule has 1 aliphatic heterocycles. The van der Waals surface area contributed by atoms with E-state index in [-0.39, 0.29) is 25.6 Å². The van der Waals surface area contributed by atoms with Crippen LogP contribution in [0.4, 0.5) is 15.3 Å². The standard InChI is InChI=1S/C22H30N2O5/c1-3-5-6-7-8-13-20(25)29-22(27)24-16-18(23-21(26)28-14-4-2)15-17-11-9-10-12-19(17)24/h4,9-12,18H,2-3,5-8,13-16H2,1H3,(H,23,26)/t18-/m0/s1. The summed E-state index contributed by atoms with van der Waals surface area (Å²) in [5.41, 5.74) is 1.57. The first-order valence-electron chi connectivity index (χ1n) is 10.2. The number of carbonyl (C=O) groups is 3. The average molecular weight is 402 g/mol. The third kappa shape index (κ3) is 7.25. The Balaban J connectivity index is 1.96. The zero-order chi connectivity index (χ0) is 21.1. The van der Waals surface area contributed by atoms with E-state index in [1.807, 2.05) is 18.2 Å². The molecule has 0 saturated carbocycles. The van der Waals surface area contributed by atoms with Crippen LogP contribution in [0.3, 0.4) is 0 Å². The molecule has 7 nitrogen and oxygen atoms in total. The van der Waals surface area contributed by atoms with E-state index in [9.17, 15) is 14.4 Å². The highest BCUT2D eigenvalue weighted by Crippen LogP contribution is 2.27. The fourth-order valence-corrected chi connectivity index (χ4v) is 3.28. The smallest absolute Gasteiger partial charge is 0.422 e. The number of alkyl carbamates (subject to hydrolysis) is 1. The normalized spacial score (nSPS) is 15.2. The summed E-state index contributed by atoms with van der Waals surface area (Å²) in [6.07, 6.45) is 5.96. The van der Waals surface area contributed by atoms with Gasteiger partial charge in [-0.25, -0.2) is 9.59 Å². The molecule has 0 spiro atoms. The van der Waals surface area contributed by atoms with E-state index in [2.05, 4.69) is 18.8 Å². The van der Waals surface area contributed by atoms with Crippen LogP contribution >= 0.6 is 0 Å². The highest BCUT2D eigenvalue weighted by atomic mass is 16.6. The Kier molecular flexibility index (Phi) is 9.21. The summed E-state index contributed by atoms with van der Waals surface area (Å²) in [6, 6.07) is 7.02. The number of nitrogens with one attached hydrogen (secondary N) is 1. The first kappa shape index (κ1) is 22.5. The van der Waals surface area contributed by atoms with Crippen molar-refractivity contribution in [1.29, 1.82) is 0 Å². The van der Waals surface area contributed by atoms with Crippen molar-refractivity contribution in [1.82, 2.24) is 5.32 Å². The van der Waals surface area contributed by atoms with Gasteiger partial charge >= 0.3 is 18.2 Å². The third-order valence-corrected chi connectivity index (χ3v) is 4.71. The van der Waals surface area contributed by atoms with Gasteiger partial charge in [0.25, 0.3) is 0 Å². The lowest BCUT2D eigenvalue weighted by Gasteiger charge is -2.33. The van der Waals surface area contributed by atoms with Crippen LogP contribution in [0.5, 0.6) is 0 Å². The summed E-state index contributed by atoms with van der Waals surface area (Å²) in [4.78, 5) is 37.9. The Bertz CT molecular complexity index is 719. The number of benzene rings is 1. The maximum absolute atomic E-state index is 12.6. The van der Waals surface area contributed by atoms with Crippen molar-refractivity contribution < 1.29 is 23.9 Å². The molecule has 0 aliphatic carbocycles. The molecule has 2 amide bonds. The fraction of sp³-hybridized carbons (Fsp3) is 0.500. The number of nitrogens with zero attached hydrogens (tertiary/aromatic N) is 1. The monoisotopic (exact) mass is 402 g/mol. The van der Waals surface area contributed by atoms with E-state index in [1.165, 1.54) is 11.0 Å². The number of rotatable bonds is 9. The van der Waals surface area contributed by atoms with Gasteiger partial charge in [0.1, 0.15) is 6.61 Å². The summed E-state index contributed by atoms with van der Waals surface area (Å²) < 4.78 is 10.0. The van der Waals surface area contributed by atoms with Crippen molar-refractivity contribution in [3.05, 3.63) is 42.5 Å². The Hall–Kier alpha value is -2.83. The van der Waals surface area contributed by atoms with Gasteiger partial charge in [-0.15, -0.1) is 0 Å². The van der Waals surface area contributed by atoms with Crippen molar-refractivity contribution in [2.24, 2.45) is 0 Å². The molecule has 1 atom stereocenters. The molecule has 2 rings (SSSR count). The van der Waals surface area contributed by atoms with Crippen molar-refractivity contribution in [3.63, 3.8) is 0 Å². The van der Waals surface area contributed by atoms with Gasteiger partial charge in [-0.2, -0.15) is 0 Å². The lowest BCUT2D eigenvalue weighted by molar-refractivity contribution is -0.137. The van der Waals surface area contributed by atoms with Gasteiger partial charge in [0.2, 0.25) is 0 Å². The minimum absolute atomic E-state index is 0.105. The average Bonchev–Trinajstić information content (AvgIpc) is 2.71. The van der Waals surface area contributed by atoms with Crippen LogP contribution in [0, 0.1) is 0 Å². The molecule has 158 valence electrons. The van der Waals surface area contributed by atoms with Gasteiger partial charge in [-0.3, -0.25) is 9.69 Å². The van der Waals surface area contributed by atoms with E-state index in [1.54, 1.807) is 6.07 Å². The first-order chi connectivity index (χ1) is 14.0. The topological polar surface area (TPSA) is 84.9 Å². The number of hydrogen-bond acceptors (Lipinski definition) is 5. The molecule has 0 bridgehead atoms. The second kappa shape index (κ2) is 11.9. The lowest BCUT2D eigenvalue weighted by atomic mass is 9.98. The van der Waals surface area contributed by atoms with Crippen LogP contribution in [0.2, 0.25) is 0 Å². The molecule has 0 saturated heterocycles. The van der Waals surface area contributed by atoms with Crippen molar-refractivity contribution in [3.8, 4) is 0 Å². The largest absolute Gasteiger partial charge is 0.445 e. The second-order valence-electron chi connectivity index (χ2n) is 7.08. The zero-order valence-electron chi connectivity index (χ0n) is 17.0. The molecule has 1 aliphatic rings. The first-order valence-corrected chi connectivity index (χ1v) is 10.2. The summed E-state index contributed by atoms with van der Waals surface area (Å²) in [5.74, 6) is -0.524. The Morgan fingerprint density at radius 2 is 1.97 bits per heavy atom. The number of anilines is 1.